The van der Waals surface area contributed by atoms with Crippen molar-refractivity contribution in [3.8, 4) is 0 Å². The Kier molecular flexibility index (Phi) is 26.7. The minimum atomic E-state index is -3.32. The lowest BCUT2D eigenvalue weighted by Gasteiger charge is -2.25. The standard InChI is InChI=1S/C38H70N6O6P2/c39-21-11-25-43(26-12-22-40)29-35-51(45,49-33-19-37-15-5-3-6-16-37)47-31-9-1-2-10-32-48-52(46,50-34-20-38-17-7-4-8-18-38)36-30-44(27-13-23-41)28-14-24-42/h3-8,15-18H,1-2,9-14,19-36,39-42H2. The van der Waals surface area contributed by atoms with Crippen LogP contribution in [0.5, 0.6) is 0 Å². The average Bonchev–Trinajstić information content (AvgIpc) is 3.16. The molecule has 0 aliphatic carbocycles. The van der Waals surface area contributed by atoms with E-state index in [-0.39, 0.29) is 0 Å². The largest absolute Gasteiger partial charge is 0.331 e. The third-order valence-corrected chi connectivity index (χ3v) is 12.6. The molecular formula is C38H70N6O6P2. The van der Waals surface area contributed by atoms with Crippen molar-refractivity contribution in [3.05, 3.63) is 71.8 Å². The van der Waals surface area contributed by atoms with Crippen LogP contribution in [0.25, 0.3) is 0 Å². The average molecular weight is 769 g/mol. The summed E-state index contributed by atoms with van der Waals surface area (Å²) in [5.74, 6) is 0. The van der Waals surface area contributed by atoms with Crippen molar-refractivity contribution >= 4 is 15.2 Å². The number of nitrogens with zero attached hydrogens (tertiary/aromatic N) is 2. The lowest BCUT2D eigenvalue weighted by Crippen LogP contribution is -2.31. The smallest absolute Gasteiger partial charge is 0.330 e. The van der Waals surface area contributed by atoms with E-state index in [0.29, 0.717) is 90.9 Å². The molecule has 298 valence electrons. The molecule has 2 unspecified atom stereocenters. The molecule has 0 heterocycles. The highest BCUT2D eigenvalue weighted by Crippen LogP contribution is 2.49. The first kappa shape index (κ1) is 46.7. The summed E-state index contributed by atoms with van der Waals surface area (Å²) in [6.45, 7) is 8.28. The van der Waals surface area contributed by atoms with Gasteiger partial charge in [-0.25, -0.2) is 0 Å². The van der Waals surface area contributed by atoms with Crippen molar-refractivity contribution in [2.75, 3.05) is 104 Å². The van der Waals surface area contributed by atoms with Crippen molar-refractivity contribution in [3.63, 3.8) is 0 Å². The zero-order chi connectivity index (χ0) is 37.6. The number of hydrogen-bond donors (Lipinski definition) is 4. The highest BCUT2D eigenvalue weighted by atomic mass is 31.2. The van der Waals surface area contributed by atoms with Gasteiger partial charge < -0.3 is 50.8 Å². The lowest BCUT2D eigenvalue weighted by atomic mass is 10.2. The van der Waals surface area contributed by atoms with E-state index in [1.165, 1.54) is 0 Å². The molecule has 8 N–H and O–H groups in total. The molecule has 52 heavy (non-hydrogen) atoms. The fraction of sp³-hybridized carbons (Fsp3) is 0.684. The molecule has 0 aromatic heterocycles. The maximum Gasteiger partial charge on any atom is 0.331 e. The number of hydrogen-bond acceptors (Lipinski definition) is 12. The summed E-state index contributed by atoms with van der Waals surface area (Å²) < 4.78 is 51.8. The third kappa shape index (κ3) is 22.7. The fourth-order valence-electron chi connectivity index (χ4n) is 5.65. The summed E-state index contributed by atoms with van der Waals surface area (Å²) in [7, 11) is -6.64. The molecular weight excluding hydrogens is 698 g/mol. The monoisotopic (exact) mass is 768 g/mol. The minimum absolute atomic E-state index is 0.320. The van der Waals surface area contributed by atoms with E-state index in [2.05, 4.69) is 9.80 Å². The summed E-state index contributed by atoms with van der Waals surface area (Å²) in [6, 6.07) is 20.1. The van der Waals surface area contributed by atoms with Crippen LogP contribution in [0.15, 0.2) is 60.7 Å². The summed E-state index contributed by atoms with van der Waals surface area (Å²) >= 11 is 0. The van der Waals surface area contributed by atoms with E-state index in [4.69, 9.17) is 41.0 Å². The molecule has 0 fully saturated rings. The zero-order valence-corrected chi connectivity index (χ0v) is 33.5. The van der Waals surface area contributed by atoms with Gasteiger partial charge in [-0.1, -0.05) is 73.5 Å². The van der Waals surface area contributed by atoms with Gasteiger partial charge in [0, 0.05) is 13.1 Å². The van der Waals surface area contributed by atoms with Gasteiger partial charge in [-0.3, -0.25) is 9.13 Å². The van der Waals surface area contributed by atoms with Crippen LogP contribution >= 0.6 is 15.2 Å². The maximum absolute atomic E-state index is 13.9. The molecule has 0 aliphatic heterocycles. The normalized spacial score (nSPS) is 14.2. The van der Waals surface area contributed by atoms with E-state index in [0.717, 1.165) is 88.7 Å². The summed E-state index contributed by atoms with van der Waals surface area (Å²) in [6.07, 6.45) is 8.62. The van der Waals surface area contributed by atoms with Crippen LogP contribution in [0.2, 0.25) is 0 Å². The molecule has 0 saturated heterocycles. The van der Waals surface area contributed by atoms with Crippen molar-refractivity contribution < 1.29 is 27.2 Å². The van der Waals surface area contributed by atoms with Crippen LogP contribution in [-0.2, 0) is 40.1 Å². The summed E-state index contributed by atoms with van der Waals surface area (Å²) in [4.78, 5) is 4.50. The van der Waals surface area contributed by atoms with Gasteiger partial charge in [0.05, 0.1) is 38.8 Å². The SMILES string of the molecule is NCCCN(CCCN)CCP(=O)(OCCCCCCOP(=O)(CCN(CCCN)CCCN)OCCc1ccccc1)OCCc1ccccc1. The minimum Gasteiger partial charge on any atom is -0.330 e. The molecule has 0 amide bonds. The van der Waals surface area contributed by atoms with Crippen LogP contribution in [0, 0.1) is 0 Å². The Hall–Kier alpha value is -1.50. The van der Waals surface area contributed by atoms with E-state index < -0.39 is 15.2 Å². The number of benzene rings is 2. The molecule has 0 spiro atoms. The molecule has 2 rings (SSSR count). The Morgan fingerprint density at radius 2 is 0.750 bits per heavy atom. The number of nitrogens with two attached hydrogens (primary N) is 4. The van der Waals surface area contributed by atoms with E-state index in [1.54, 1.807) is 0 Å². The number of rotatable bonds is 35. The molecule has 0 saturated carbocycles. The number of unbranched alkanes of at least 4 members (excludes halogenated alkanes) is 3. The Balaban J connectivity index is 1.85. The van der Waals surface area contributed by atoms with Crippen LogP contribution in [0.4, 0.5) is 0 Å². The van der Waals surface area contributed by atoms with E-state index in [1.807, 2.05) is 60.7 Å². The maximum atomic E-state index is 13.9. The Morgan fingerprint density at radius 1 is 0.423 bits per heavy atom. The summed E-state index contributed by atoms with van der Waals surface area (Å²) in [5.41, 5.74) is 25.3. The molecule has 2 aromatic rings. The quantitative estimate of drug-likeness (QED) is 0.0513. The molecule has 14 heteroatoms. The third-order valence-electron chi connectivity index (χ3n) is 8.75. The second kappa shape index (κ2) is 29.8. The Labute approximate surface area is 314 Å². The van der Waals surface area contributed by atoms with Crippen LogP contribution in [-0.4, -0.2) is 114 Å². The fourth-order valence-corrected chi connectivity index (χ4v) is 8.92. The van der Waals surface area contributed by atoms with Crippen LogP contribution < -0.4 is 22.9 Å². The van der Waals surface area contributed by atoms with Crippen LogP contribution in [0.1, 0.15) is 62.5 Å². The van der Waals surface area contributed by atoms with Gasteiger partial charge in [-0.05, 0) is 115 Å². The predicted molar refractivity (Wildman–Crippen MR) is 215 cm³/mol. The van der Waals surface area contributed by atoms with Crippen LogP contribution in [0.3, 0.4) is 0 Å². The highest BCUT2D eigenvalue weighted by molar-refractivity contribution is 7.54. The molecule has 0 radical (unpaired) electrons. The molecule has 2 aromatic carbocycles. The molecule has 0 aliphatic rings. The molecule has 0 bridgehead atoms. The van der Waals surface area contributed by atoms with Gasteiger partial charge in [0.1, 0.15) is 0 Å². The van der Waals surface area contributed by atoms with Gasteiger partial charge in [0.2, 0.25) is 0 Å². The van der Waals surface area contributed by atoms with Gasteiger partial charge in [-0.2, -0.15) is 0 Å². The van der Waals surface area contributed by atoms with Crippen molar-refractivity contribution in [2.45, 2.75) is 64.2 Å². The predicted octanol–water partition coefficient (Wildman–Crippen LogP) is 5.48. The molecule has 12 nitrogen and oxygen atoms in total. The summed E-state index contributed by atoms with van der Waals surface area (Å²) in [5, 5.41) is 0. The van der Waals surface area contributed by atoms with Gasteiger partial charge in [0.15, 0.2) is 0 Å². The zero-order valence-electron chi connectivity index (χ0n) is 31.7. The van der Waals surface area contributed by atoms with Crippen molar-refractivity contribution in [1.29, 1.82) is 0 Å². The van der Waals surface area contributed by atoms with Gasteiger partial charge in [0.25, 0.3) is 0 Å². The topological polar surface area (TPSA) is 182 Å². The first-order chi connectivity index (χ1) is 25.3. The second-order valence-electron chi connectivity index (χ2n) is 13.1. The first-order valence-corrected chi connectivity index (χ1v) is 22.9. The lowest BCUT2D eigenvalue weighted by molar-refractivity contribution is 0.189. The van der Waals surface area contributed by atoms with Gasteiger partial charge in [-0.15, -0.1) is 0 Å². The Bertz CT molecular complexity index is 1110. The Morgan fingerprint density at radius 3 is 1.08 bits per heavy atom. The van der Waals surface area contributed by atoms with Crippen molar-refractivity contribution in [1.82, 2.24) is 9.80 Å². The van der Waals surface area contributed by atoms with E-state index in [9.17, 15) is 9.13 Å². The molecule has 2 atom stereocenters. The van der Waals surface area contributed by atoms with E-state index >= 15 is 0 Å². The van der Waals surface area contributed by atoms with Gasteiger partial charge >= 0.3 is 15.2 Å². The van der Waals surface area contributed by atoms with Crippen molar-refractivity contribution in [2.24, 2.45) is 22.9 Å². The highest BCUT2D eigenvalue weighted by Gasteiger charge is 2.27. The second-order valence-corrected chi connectivity index (χ2v) is 17.5. The first-order valence-electron chi connectivity index (χ1n) is 19.4.